The van der Waals surface area contributed by atoms with Gasteiger partial charge in [0.15, 0.2) is 0 Å². The summed E-state index contributed by atoms with van der Waals surface area (Å²) in [4.78, 5) is 0. The highest BCUT2D eigenvalue weighted by atomic mass is 35.6. The number of hydrogen-bond acceptors (Lipinski definition) is 1. The highest BCUT2D eigenvalue weighted by molar-refractivity contribution is 6.68. The van der Waals surface area contributed by atoms with Crippen molar-refractivity contribution in [3.63, 3.8) is 0 Å². The van der Waals surface area contributed by atoms with Crippen molar-refractivity contribution < 1.29 is 5.11 Å². The van der Waals surface area contributed by atoms with E-state index in [0.717, 1.165) is 16.7 Å². The Balaban J connectivity index is 3.26. The summed E-state index contributed by atoms with van der Waals surface area (Å²) in [6, 6.07) is 3.92. The lowest BCUT2D eigenvalue weighted by Gasteiger charge is -2.23. The Bertz CT molecular complexity index is 346. The van der Waals surface area contributed by atoms with Gasteiger partial charge in [0.1, 0.15) is 6.10 Å². The third-order valence-corrected chi connectivity index (χ3v) is 2.94. The Labute approximate surface area is 105 Å². The standard InChI is InChI=1S/C11H13Cl3O/c1-6-4-7(2)9(8(3)5-6)10(15)11(12,13)14/h4-5,10,15H,1-3H3. The van der Waals surface area contributed by atoms with Crippen molar-refractivity contribution >= 4 is 34.8 Å². The highest BCUT2D eigenvalue weighted by Crippen LogP contribution is 2.41. The van der Waals surface area contributed by atoms with Crippen LogP contribution in [-0.2, 0) is 0 Å². The van der Waals surface area contributed by atoms with E-state index >= 15 is 0 Å². The Kier molecular flexibility index (Phi) is 3.94. The fourth-order valence-electron chi connectivity index (χ4n) is 1.79. The van der Waals surface area contributed by atoms with E-state index in [9.17, 15) is 5.11 Å². The average Bonchev–Trinajstić information content (AvgIpc) is 1.99. The molecule has 0 saturated carbocycles. The fraction of sp³-hybridized carbons (Fsp3) is 0.455. The molecule has 0 bridgehead atoms. The van der Waals surface area contributed by atoms with Gasteiger partial charge in [-0.3, -0.25) is 0 Å². The molecule has 0 aliphatic heterocycles. The zero-order valence-electron chi connectivity index (χ0n) is 8.81. The second-order valence-corrected chi connectivity index (χ2v) is 6.13. The van der Waals surface area contributed by atoms with Gasteiger partial charge >= 0.3 is 0 Å². The summed E-state index contributed by atoms with van der Waals surface area (Å²) in [7, 11) is 0. The summed E-state index contributed by atoms with van der Waals surface area (Å²) in [6.45, 7) is 5.79. The fourth-order valence-corrected chi connectivity index (χ4v) is 2.11. The van der Waals surface area contributed by atoms with Crippen molar-refractivity contribution in [1.29, 1.82) is 0 Å². The van der Waals surface area contributed by atoms with Crippen LogP contribution in [-0.4, -0.2) is 8.90 Å². The van der Waals surface area contributed by atoms with Gasteiger partial charge < -0.3 is 5.11 Å². The predicted molar refractivity (Wildman–Crippen MR) is 65.9 cm³/mol. The average molecular weight is 268 g/mol. The van der Waals surface area contributed by atoms with Crippen LogP contribution in [0.1, 0.15) is 28.4 Å². The van der Waals surface area contributed by atoms with Crippen molar-refractivity contribution in [3.8, 4) is 0 Å². The van der Waals surface area contributed by atoms with Gasteiger partial charge in [-0.25, -0.2) is 0 Å². The molecule has 84 valence electrons. The van der Waals surface area contributed by atoms with Crippen molar-refractivity contribution in [2.45, 2.75) is 30.7 Å². The number of aryl methyl sites for hydroxylation is 3. The molecule has 1 N–H and O–H groups in total. The Morgan fingerprint density at radius 3 is 1.80 bits per heavy atom. The van der Waals surface area contributed by atoms with Crippen molar-refractivity contribution in [1.82, 2.24) is 0 Å². The minimum Gasteiger partial charge on any atom is -0.384 e. The number of hydrogen-bond donors (Lipinski definition) is 1. The quantitative estimate of drug-likeness (QED) is 0.762. The van der Waals surface area contributed by atoms with E-state index in [1.807, 2.05) is 32.9 Å². The third-order valence-electron chi connectivity index (χ3n) is 2.32. The first kappa shape index (κ1) is 13.1. The van der Waals surface area contributed by atoms with Crippen LogP contribution in [0.15, 0.2) is 12.1 Å². The number of benzene rings is 1. The van der Waals surface area contributed by atoms with Gasteiger partial charge in [-0.2, -0.15) is 0 Å². The lowest BCUT2D eigenvalue weighted by Crippen LogP contribution is -2.18. The molecular weight excluding hydrogens is 254 g/mol. The molecule has 1 unspecified atom stereocenters. The van der Waals surface area contributed by atoms with E-state index < -0.39 is 9.90 Å². The smallest absolute Gasteiger partial charge is 0.220 e. The van der Waals surface area contributed by atoms with E-state index in [0.29, 0.717) is 5.56 Å². The monoisotopic (exact) mass is 266 g/mol. The first-order chi connectivity index (χ1) is 6.73. The lowest BCUT2D eigenvalue weighted by molar-refractivity contribution is 0.181. The van der Waals surface area contributed by atoms with Gasteiger partial charge in [0.25, 0.3) is 0 Å². The van der Waals surface area contributed by atoms with Crippen LogP contribution in [0.25, 0.3) is 0 Å². The van der Waals surface area contributed by atoms with Crippen LogP contribution in [0, 0.1) is 20.8 Å². The molecule has 0 heterocycles. The van der Waals surface area contributed by atoms with Gasteiger partial charge in [-0.05, 0) is 37.5 Å². The van der Waals surface area contributed by atoms with Crippen molar-refractivity contribution in [2.24, 2.45) is 0 Å². The van der Waals surface area contributed by atoms with Crippen LogP contribution in [0.4, 0.5) is 0 Å². The van der Waals surface area contributed by atoms with E-state index in [4.69, 9.17) is 34.8 Å². The molecular formula is C11H13Cl3O. The molecule has 0 saturated heterocycles. The highest BCUT2D eigenvalue weighted by Gasteiger charge is 2.33. The lowest BCUT2D eigenvalue weighted by atomic mass is 9.96. The zero-order valence-corrected chi connectivity index (χ0v) is 11.1. The molecule has 0 aromatic heterocycles. The van der Waals surface area contributed by atoms with Gasteiger partial charge in [0, 0.05) is 0 Å². The molecule has 0 radical (unpaired) electrons. The summed E-state index contributed by atoms with van der Waals surface area (Å²) in [5.74, 6) is 0. The number of alkyl halides is 3. The van der Waals surface area contributed by atoms with Crippen LogP contribution >= 0.6 is 34.8 Å². The molecule has 0 spiro atoms. The van der Waals surface area contributed by atoms with Crippen molar-refractivity contribution in [3.05, 3.63) is 34.4 Å². The molecule has 0 aliphatic carbocycles. The maximum atomic E-state index is 9.91. The number of halogens is 3. The maximum Gasteiger partial charge on any atom is 0.220 e. The summed E-state index contributed by atoms with van der Waals surface area (Å²) in [5.41, 5.74) is 3.70. The van der Waals surface area contributed by atoms with Crippen molar-refractivity contribution in [2.75, 3.05) is 0 Å². The van der Waals surface area contributed by atoms with E-state index in [-0.39, 0.29) is 0 Å². The Morgan fingerprint density at radius 2 is 1.47 bits per heavy atom. The first-order valence-electron chi connectivity index (χ1n) is 4.56. The number of aliphatic hydroxyl groups is 1. The van der Waals surface area contributed by atoms with Gasteiger partial charge in [-0.15, -0.1) is 0 Å². The molecule has 0 fully saturated rings. The molecule has 1 rings (SSSR count). The Morgan fingerprint density at radius 1 is 1.07 bits per heavy atom. The molecule has 4 heteroatoms. The summed E-state index contributed by atoms with van der Waals surface area (Å²) >= 11 is 17.0. The molecule has 1 nitrogen and oxygen atoms in total. The summed E-state index contributed by atoms with van der Waals surface area (Å²) in [6.07, 6.45) is -1.09. The molecule has 0 aliphatic rings. The van der Waals surface area contributed by atoms with Crippen LogP contribution in [0.5, 0.6) is 0 Å². The number of aliphatic hydroxyl groups excluding tert-OH is 1. The normalized spacial score (nSPS) is 14.1. The van der Waals surface area contributed by atoms with Gasteiger partial charge in [-0.1, -0.05) is 52.5 Å². The van der Waals surface area contributed by atoms with Gasteiger partial charge in [0.05, 0.1) is 0 Å². The molecule has 1 aromatic rings. The topological polar surface area (TPSA) is 20.2 Å². The molecule has 15 heavy (non-hydrogen) atoms. The molecule has 0 amide bonds. The third kappa shape index (κ3) is 3.01. The summed E-state index contributed by atoms with van der Waals surface area (Å²) in [5, 5.41) is 9.91. The molecule has 1 aromatic carbocycles. The second-order valence-electron chi connectivity index (χ2n) is 3.76. The van der Waals surface area contributed by atoms with E-state index in [1.165, 1.54) is 0 Å². The molecule has 1 atom stereocenters. The first-order valence-corrected chi connectivity index (χ1v) is 5.69. The van der Waals surface area contributed by atoms with E-state index in [2.05, 4.69) is 0 Å². The van der Waals surface area contributed by atoms with Crippen LogP contribution in [0.2, 0.25) is 0 Å². The number of rotatable bonds is 1. The maximum absolute atomic E-state index is 9.91. The second kappa shape index (κ2) is 4.50. The predicted octanol–water partition coefficient (Wildman–Crippen LogP) is 4.02. The van der Waals surface area contributed by atoms with Gasteiger partial charge in [0.2, 0.25) is 3.79 Å². The van der Waals surface area contributed by atoms with Crippen LogP contribution < -0.4 is 0 Å². The summed E-state index contributed by atoms with van der Waals surface area (Å²) < 4.78 is -1.69. The largest absolute Gasteiger partial charge is 0.384 e. The van der Waals surface area contributed by atoms with E-state index in [1.54, 1.807) is 0 Å². The van der Waals surface area contributed by atoms with Crippen LogP contribution in [0.3, 0.4) is 0 Å². The Hall–Kier alpha value is 0.0500. The minimum absolute atomic E-state index is 0.695. The minimum atomic E-state index is -1.69. The SMILES string of the molecule is Cc1cc(C)c(C(O)C(Cl)(Cl)Cl)c(C)c1. The zero-order chi connectivity index (χ0) is 11.8.